The Morgan fingerprint density at radius 3 is 2.16 bits per heavy atom. The Kier molecular flexibility index (Phi) is 14.4. The molecular formula is C31H43F4N5O3S. The molecule has 8 nitrogen and oxygen atoms in total. The quantitative estimate of drug-likeness (QED) is 0.257. The van der Waals surface area contributed by atoms with Crippen LogP contribution in [-0.4, -0.2) is 84.0 Å². The maximum atomic E-state index is 13.4. The number of likely N-dealkylation sites (tertiary alicyclic amines) is 1. The first-order chi connectivity index (χ1) is 21.0. The minimum Gasteiger partial charge on any atom is -0.367 e. The van der Waals surface area contributed by atoms with Crippen molar-refractivity contribution in [2.45, 2.75) is 60.2 Å². The molecule has 2 saturated heterocycles. The zero-order chi connectivity index (χ0) is 33.0. The highest BCUT2D eigenvalue weighted by atomic mass is 32.1. The van der Waals surface area contributed by atoms with Gasteiger partial charge in [0.2, 0.25) is 5.91 Å². The van der Waals surface area contributed by atoms with Gasteiger partial charge in [-0.25, -0.2) is 9.37 Å². The average molecular weight is 642 g/mol. The largest absolute Gasteiger partial charge is 0.391 e. The molecule has 2 aliphatic rings. The molecule has 1 amide bonds. The van der Waals surface area contributed by atoms with Crippen molar-refractivity contribution in [1.29, 1.82) is 0 Å². The zero-order valence-corrected chi connectivity index (χ0v) is 27.1. The van der Waals surface area contributed by atoms with Crippen molar-refractivity contribution < 1.29 is 27.2 Å². The lowest BCUT2D eigenvalue weighted by Gasteiger charge is -2.34. The van der Waals surface area contributed by atoms with E-state index in [1.54, 1.807) is 13.0 Å². The first kappa shape index (κ1) is 36.9. The summed E-state index contributed by atoms with van der Waals surface area (Å²) in [6, 6.07) is 6.99. The number of hydrogen-bond donors (Lipinski definition) is 0. The van der Waals surface area contributed by atoms with Crippen molar-refractivity contribution in [2.24, 2.45) is 5.92 Å². The third-order valence-corrected chi connectivity index (χ3v) is 8.50. The molecule has 4 heterocycles. The average Bonchev–Trinajstić information content (AvgIpc) is 3.37. The molecule has 0 unspecified atom stereocenters. The summed E-state index contributed by atoms with van der Waals surface area (Å²) in [5.41, 5.74) is 0.821. The van der Waals surface area contributed by atoms with Gasteiger partial charge in [-0.05, 0) is 44.5 Å². The van der Waals surface area contributed by atoms with Crippen LogP contribution in [0.4, 0.5) is 23.2 Å². The maximum Gasteiger partial charge on any atom is 0.391 e. The molecule has 13 heteroatoms. The molecule has 0 saturated carbocycles. The van der Waals surface area contributed by atoms with Gasteiger partial charge in [0.25, 0.3) is 5.56 Å². The molecule has 0 radical (unpaired) electrons. The van der Waals surface area contributed by atoms with E-state index in [2.05, 4.69) is 21.8 Å². The summed E-state index contributed by atoms with van der Waals surface area (Å²) in [6.07, 6.45) is -2.62. The Balaban J connectivity index is 0.000000315. The summed E-state index contributed by atoms with van der Waals surface area (Å²) < 4.78 is 52.7. The van der Waals surface area contributed by atoms with Crippen LogP contribution < -0.4 is 10.5 Å². The molecular weight excluding hydrogens is 598 g/mol. The number of piperazine rings is 1. The molecule has 0 atom stereocenters. The lowest BCUT2D eigenvalue weighted by atomic mass is 9.96. The number of hydrogen-bond acceptors (Lipinski definition) is 7. The van der Waals surface area contributed by atoms with Crippen molar-refractivity contribution in [2.75, 3.05) is 51.2 Å². The number of alkyl halides is 3. The summed E-state index contributed by atoms with van der Waals surface area (Å²) in [5.74, 6) is -1.92. The molecule has 1 aromatic carbocycles. The normalized spacial score (nSPS) is 15.8. The number of amides is 1. The van der Waals surface area contributed by atoms with Gasteiger partial charge in [-0.1, -0.05) is 39.8 Å². The summed E-state index contributed by atoms with van der Waals surface area (Å²) in [4.78, 5) is 46.6. The van der Waals surface area contributed by atoms with E-state index in [4.69, 9.17) is 0 Å². The van der Waals surface area contributed by atoms with Gasteiger partial charge in [0.1, 0.15) is 17.2 Å². The molecule has 2 aromatic heterocycles. The van der Waals surface area contributed by atoms with Crippen molar-refractivity contribution in [3.05, 3.63) is 57.2 Å². The van der Waals surface area contributed by atoms with Gasteiger partial charge in [0.05, 0.1) is 28.2 Å². The highest BCUT2D eigenvalue weighted by Crippen LogP contribution is 2.34. The van der Waals surface area contributed by atoms with Gasteiger partial charge in [-0.15, -0.1) is 11.3 Å². The number of fused-ring (bicyclic) bond motifs is 1. The summed E-state index contributed by atoms with van der Waals surface area (Å²) in [6.45, 7) is 13.2. The molecule has 0 spiro atoms. The number of carbonyl (C=O) groups excluding carboxylic acids is 2. The number of rotatable bonds is 4. The topological polar surface area (TPSA) is 78.8 Å². The second-order valence-electron chi connectivity index (χ2n) is 10.0. The number of aromatic nitrogens is 2. The SMILES string of the molecule is CC.CC.CN1CCN(c2ccccc2F)CC1.Cc1c(C=O)sc2ncn(CC(=O)N3CCC(C(F)(F)F)CC3)c(=O)c12. The van der Waals surface area contributed by atoms with Gasteiger partial charge in [0, 0.05) is 39.3 Å². The Labute approximate surface area is 260 Å². The maximum absolute atomic E-state index is 13.4. The van der Waals surface area contributed by atoms with Crippen molar-refractivity contribution in [1.82, 2.24) is 19.4 Å². The van der Waals surface area contributed by atoms with E-state index in [1.165, 1.54) is 17.3 Å². The predicted molar refractivity (Wildman–Crippen MR) is 168 cm³/mol. The van der Waals surface area contributed by atoms with Gasteiger partial charge in [-0.2, -0.15) is 13.2 Å². The number of nitrogens with zero attached hydrogens (tertiary/aromatic N) is 5. The molecule has 0 bridgehead atoms. The van der Waals surface area contributed by atoms with Crippen molar-refractivity contribution in [3.63, 3.8) is 0 Å². The second kappa shape index (κ2) is 17.2. The highest BCUT2D eigenvalue weighted by molar-refractivity contribution is 7.20. The fraction of sp³-hybridized carbons (Fsp3) is 0.548. The van der Waals surface area contributed by atoms with E-state index in [0.717, 1.165) is 47.8 Å². The summed E-state index contributed by atoms with van der Waals surface area (Å²) in [7, 11) is 2.10. The van der Waals surface area contributed by atoms with E-state index in [-0.39, 0.29) is 38.3 Å². The fourth-order valence-electron chi connectivity index (χ4n) is 4.86. The number of aryl methyl sites for hydroxylation is 1. The molecule has 0 N–H and O–H groups in total. The zero-order valence-electron chi connectivity index (χ0n) is 26.3. The number of halogens is 4. The minimum atomic E-state index is -4.24. The van der Waals surface area contributed by atoms with Gasteiger partial charge in [-0.3, -0.25) is 19.0 Å². The van der Waals surface area contributed by atoms with Gasteiger partial charge >= 0.3 is 6.18 Å². The third-order valence-electron chi connectivity index (χ3n) is 7.37. The third kappa shape index (κ3) is 9.34. The van der Waals surface area contributed by atoms with Crippen molar-refractivity contribution in [3.8, 4) is 0 Å². The second-order valence-corrected chi connectivity index (χ2v) is 11.0. The van der Waals surface area contributed by atoms with E-state index < -0.39 is 23.6 Å². The van der Waals surface area contributed by atoms with Crippen LogP contribution in [0.15, 0.2) is 35.4 Å². The van der Waals surface area contributed by atoms with Crippen LogP contribution in [-0.2, 0) is 11.3 Å². The van der Waals surface area contributed by atoms with Crippen LogP contribution >= 0.6 is 11.3 Å². The molecule has 2 fully saturated rings. The number of para-hydroxylation sites is 1. The van der Waals surface area contributed by atoms with E-state index >= 15 is 0 Å². The van der Waals surface area contributed by atoms with Crippen LogP contribution in [0.3, 0.4) is 0 Å². The highest BCUT2D eigenvalue weighted by Gasteiger charge is 2.41. The number of anilines is 1. The smallest absolute Gasteiger partial charge is 0.367 e. The number of piperidine rings is 1. The lowest BCUT2D eigenvalue weighted by Crippen LogP contribution is -2.44. The van der Waals surface area contributed by atoms with Crippen molar-refractivity contribution >= 4 is 39.4 Å². The molecule has 0 aliphatic carbocycles. The lowest BCUT2D eigenvalue weighted by molar-refractivity contribution is -0.186. The van der Waals surface area contributed by atoms with Gasteiger partial charge in [0.15, 0.2) is 6.29 Å². The number of benzene rings is 1. The number of thiophene rings is 1. The van der Waals surface area contributed by atoms with E-state index in [1.807, 2.05) is 39.8 Å². The Morgan fingerprint density at radius 2 is 1.61 bits per heavy atom. The monoisotopic (exact) mass is 641 g/mol. The molecule has 44 heavy (non-hydrogen) atoms. The Hall–Kier alpha value is -3.32. The van der Waals surface area contributed by atoms with Gasteiger partial charge < -0.3 is 14.7 Å². The Bertz CT molecular complexity index is 1410. The number of aldehydes is 1. The summed E-state index contributed by atoms with van der Waals surface area (Å²) in [5, 5.41) is 0.295. The molecule has 244 valence electrons. The minimum absolute atomic E-state index is 0.0141. The predicted octanol–water partition coefficient (Wildman–Crippen LogP) is 6.01. The summed E-state index contributed by atoms with van der Waals surface area (Å²) >= 11 is 1.10. The van der Waals surface area contributed by atoms with E-state index in [9.17, 15) is 31.9 Å². The van der Waals surface area contributed by atoms with Crippen LogP contribution in [0.2, 0.25) is 0 Å². The molecule has 3 aromatic rings. The fourth-order valence-corrected chi connectivity index (χ4v) is 5.81. The van der Waals surface area contributed by atoms with Crippen LogP contribution in [0.25, 0.3) is 10.2 Å². The van der Waals surface area contributed by atoms with Crippen LogP contribution in [0.5, 0.6) is 0 Å². The van der Waals surface area contributed by atoms with E-state index in [0.29, 0.717) is 26.9 Å². The van der Waals surface area contributed by atoms with Crippen LogP contribution in [0, 0.1) is 18.7 Å². The first-order valence-electron chi connectivity index (χ1n) is 15.0. The first-order valence-corrected chi connectivity index (χ1v) is 15.8. The Morgan fingerprint density at radius 1 is 1.02 bits per heavy atom. The number of likely N-dealkylation sites (N-methyl/N-ethyl adjacent to an activating group) is 1. The van der Waals surface area contributed by atoms with Crippen LogP contribution in [0.1, 0.15) is 55.8 Å². The molecule has 2 aliphatic heterocycles. The standard InChI is InChI=1S/C16H16F3N3O3S.C11H15FN2.2C2H6/c1-9-11(7-23)26-14-13(9)15(25)22(8-20-14)6-12(24)21-4-2-10(3-5-21)16(17,18)19;1-13-6-8-14(9-7-13)11-5-3-2-4-10(11)12;2*1-2/h7-8,10H,2-6H2,1H3;2-5H,6-9H2,1H3;2*1-2H3. The number of carbonyl (C=O) groups is 2. The molecule has 5 rings (SSSR count).